The molecule has 0 amide bonds. The van der Waals surface area contributed by atoms with E-state index in [0.717, 1.165) is 68.4 Å². The van der Waals surface area contributed by atoms with Crippen LogP contribution in [0.15, 0.2) is 22.7 Å². The van der Waals surface area contributed by atoms with Crippen molar-refractivity contribution in [3.8, 4) is 23.5 Å². The Bertz CT molecular complexity index is 1390. The normalized spacial score (nSPS) is 23.9. The summed E-state index contributed by atoms with van der Waals surface area (Å²) in [5.41, 5.74) is 10.7. The predicted octanol–water partition coefficient (Wildman–Crippen LogP) is 5.06. The lowest BCUT2D eigenvalue weighted by molar-refractivity contribution is 0.117. The second-order valence-electron chi connectivity index (χ2n) is 10.7. The van der Waals surface area contributed by atoms with Gasteiger partial charge in [0.25, 0.3) is 0 Å². The molecule has 3 heterocycles. The zero-order chi connectivity index (χ0) is 25.7. The minimum Gasteiger partial charge on any atom is -0.473 e. The molecule has 1 aromatic carbocycles. The lowest BCUT2D eigenvalue weighted by Gasteiger charge is -2.41. The average Bonchev–Trinajstić information content (AvgIpc) is 3.51. The molecule has 1 spiro atoms. The Morgan fingerprint density at radius 3 is 2.81 bits per heavy atom. The summed E-state index contributed by atoms with van der Waals surface area (Å²) < 4.78 is 12.4. The summed E-state index contributed by atoms with van der Waals surface area (Å²) >= 11 is 6.44. The second-order valence-corrected chi connectivity index (χ2v) is 11.1. The summed E-state index contributed by atoms with van der Waals surface area (Å²) in [6.07, 6.45) is 7.67. The van der Waals surface area contributed by atoms with Gasteiger partial charge in [0, 0.05) is 23.4 Å². The maximum absolute atomic E-state index is 10.0. The first kappa shape index (κ1) is 24.2. The molecule has 2 aromatic heterocycles. The molecule has 2 N–H and O–H groups in total. The molecule has 0 bridgehead atoms. The highest BCUT2D eigenvalue weighted by molar-refractivity contribution is 6.29. The first-order chi connectivity index (χ1) is 17.9. The van der Waals surface area contributed by atoms with E-state index in [1.807, 2.05) is 6.07 Å². The number of benzene rings is 1. The number of likely N-dealkylation sites (tertiary alicyclic amines) is 1. The minimum absolute atomic E-state index is 0.0330. The number of aryl methyl sites for hydroxylation is 1. The van der Waals surface area contributed by atoms with Gasteiger partial charge in [0.05, 0.1) is 11.0 Å². The Labute approximate surface area is 221 Å². The van der Waals surface area contributed by atoms with Crippen LogP contribution < -0.4 is 10.5 Å². The van der Waals surface area contributed by atoms with Crippen LogP contribution in [0.3, 0.4) is 0 Å². The number of nitriles is 1. The van der Waals surface area contributed by atoms with E-state index in [2.05, 4.69) is 41.1 Å². The molecule has 0 unspecified atom stereocenters. The lowest BCUT2D eigenvalue weighted by Crippen LogP contribution is -2.38. The molecule has 3 aromatic rings. The van der Waals surface area contributed by atoms with Gasteiger partial charge in [-0.25, -0.2) is 4.98 Å². The van der Waals surface area contributed by atoms with Gasteiger partial charge in [0.2, 0.25) is 5.88 Å². The molecule has 3 aliphatic rings. The number of anilines is 1. The molecule has 8 nitrogen and oxygen atoms in total. The standard InChI is InChI=1S/C28H31ClN6O2/c1-16(21-8-5-13-35(21)2)36-23-14-22(29)32-27(33-23)25-18-7-4-12-28(26(18)37-34-25)11-3-6-17-9-10-20(31)19(15-30)24(17)28/h9-10,14,16,21H,3-8,11-13,31H2,1-2H3/t16-,21-,28+/m0/s1. The number of likely N-dealkylation sites (N-methyl/N-ethyl adjacent to an activating group) is 1. The molecule has 3 atom stereocenters. The van der Waals surface area contributed by atoms with Crippen LogP contribution in [0.2, 0.25) is 5.15 Å². The topological polar surface area (TPSA) is 114 Å². The van der Waals surface area contributed by atoms with Crippen molar-refractivity contribution >= 4 is 17.3 Å². The first-order valence-electron chi connectivity index (χ1n) is 13.1. The van der Waals surface area contributed by atoms with Crippen LogP contribution in [0.5, 0.6) is 5.88 Å². The van der Waals surface area contributed by atoms with Gasteiger partial charge in [-0.2, -0.15) is 10.2 Å². The number of hydrogen-bond donors (Lipinski definition) is 1. The molecule has 1 fully saturated rings. The number of nitrogens with two attached hydrogens (primary N) is 1. The molecule has 0 radical (unpaired) electrons. The van der Waals surface area contributed by atoms with Crippen LogP contribution in [0.25, 0.3) is 11.5 Å². The molecule has 2 aliphatic carbocycles. The average molecular weight is 519 g/mol. The van der Waals surface area contributed by atoms with Crippen molar-refractivity contribution in [2.75, 3.05) is 19.3 Å². The highest BCUT2D eigenvalue weighted by atomic mass is 35.5. The summed E-state index contributed by atoms with van der Waals surface area (Å²) in [5.74, 6) is 1.65. The second kappa shape index (κ2) is 9.30. The van der Waals surface area contributed by atoms with Crippen LogP contribution in [0.4, 0.5) is 5.69 Å². The van der Waals surface area contributed by atoms with Crippen molar-refractivity contribution in [1.82, 2.24) is 20.0 Å². The fourth-order valence-corrected chi connectivity index (χ4v) is 7.03. The van der Waals surface area contributed by atoms with Gasteiger partial charge in [0.1, 0.15) is 17.3 Å². The van der Waals surface area contributed by atoms with E-state index in [1.165, 1.54) is 12.0 Å². The largest absolute Gasteiger partial charge is 0.473 e. The number of nitrogens with zero attached hydrogens (tertiary/aromatic N) is 5. The van der Waals surface area contributed by atoms with Crippen LogP contribution in [0.1, 0.15) is 73.5 Å². The van der Waals surface area contributed by atoms with Gasteiger partial charge in [-0.05, 0) is 89.1 Å². The fraction of sp³-hybridized carbons (Fsp3) is 0.500. The Kier molecular flexibility index (Phi) is 6.09. The maximum Gasteiger partial charge on any atom is 0.218 e. The Morgan fingerprint density at radius 1 is 1.24 bits per heavy atom. The van der Waals surface area contributed by atoms with E-state index < -0.39 is 5.41 Å². The summed E-state index contributed by atoms with van der Waals surface area (Å²) in [6.45, 7) is 3.15. The SMILES string of the molecule is C[C@H](Oc1cc(Cl)nc(-c2noc3c2CCC[C@@]32CCCc3ccc(N)c(C#N)c32)n1)[C@@H]1CCCN1C. The Morgan fingerprint density at radius 2 is 2.05 bits per heavy atom. The molecule has 6 rings (SSSR count). The minimum atomic E-state index is -0.424. The number of halogens is 1. The van der Waals surface area contributed by atoms with Crippen LogP contribution >= 0.6 is 11.6 Å². The predicted molar refractivity (Wildman–Crippen MR) is 141 cm³/mol. The molecule has 37 heavy (non-hydrogen) atoms. The molecular weight excluding hydrogens is 488 g/mol. The Hall–Kier alpha value is -3.15. The number of ether oxygens (including phenoxy) is 1. The molecule has 1 saturated heterocycles. The molecular formula is C28H31ClN6O2. The van der Waals surface area contributed by atoms with Crippen molar-refractivity contribution in [2.24, 2.45) is 0 Å². The molecule has 192 valence electrons. The quantitative estimate of drug-likeness (QED) is 0.376. The van der Waals surface area contributed by atoms with Gasteiger partial charge in [-0.1, -0.05) is 22.8 Å². The maximum atomic E-state index is 10.0. The van der Waals surface area contributed by atoms with Crippen LogP contribution in [-0.4, -0.2) is 45.8 Å². The van der Waals surface area contributed by atoms with Crippen LogP contribution in [-0.2, 0) is 18.3 Å². The van der Waals surface area contributed by atoms with Gasteiger partial charge in [0.15, 0.2) is 17.3 Å². The zero-order valence-corrected chi connectivity index (χ0v) is 22.0. The first-order valence-corrected chi connectivity index (χ1v) is 13.5. The number of fused-ring (bicyclic) bond motifs is 4. The fourth-order valence-electron chi connectivity index (χ4n) is 6.85. The zero-order valence-electron chi connectivity index (χ0n) is 21.3. The number of rotatable bonds is 4. The number of aromatic nitrogens is 3. The smallest absolute Gasteiger partial charge is 0.218 e. The van der Waals surface area contributed by atoms with E-state index in [0.29, 0.717) is 39.8 Å². The van der Waals surface area contributed by atoms with Crippen molar-refractivity contribution in [3.05, 3.63) is 51.4 Å². The van der Waals surface area contributed by atoms with Gasteiger partial charge in [-0.3, -0.25) is 4.90 Å². The Balaban J connectivity index is 1.40. The van der Waals surface area contributed by atoms with Crippen molar-refractivity contribution in [1.29, 1.82) is 5.26 Å². The van der Waals surface area contributed by atoms with Crippen molar-refractivity contribution in [3.63, 3.8) is 0 Å². The molecule has 0 saturated carbocycles. The van der Waals surface area contributed by atoms with E-state index in [4.69, 9.17) is 31.6 Å². The van der Waals surface area contributed by atoms with E-state index in [-0.39, 0.29) is 6.10 Å². The summed E-state index contributed by atoms with van der Waals surface area (Å²) in [5, 5.41) is 14.8. The van der Waals surface area contributed by atoms with E-state index in [1.54, 1.807) is 6.07 Å². The summed E-state index contributed by atoms with van der Waals surface area (Å²) in [7, 11) is 2.13. The van der Waals surface area contributed by atoms with Crippen molar-refractivity contribution in [2.45, 2.75) is 75.9 Å². The van der Waals surface area contributed by atoms with Gasteiger partial charge < -0.3 is 15.0 Å². The molecule has 9 heteroatoms. The third-order valence-corrected chi connectivity index (χ3v) is 8.72. The van der Waals surface area contributed by atoms with Crippen LogP contribution in [0, 0.1) is 11.3 Å². The highest BCUT2D eigenvalue weighted by Gasteiger charge is 2.47. The number of hydrogen-bond acceptors (Lipinski definition) is 8. The van der Waals surface area contributed by atoms with Gasteiger partial charge >= 0.3 is 0 Å². The summed E-state index contributed by atoms with van der Waals surface area (Å²) in [4.78, 5) is 11.5. The summed E-state index contributed by atoms with van der Waals surface area (Å²) in [6, 6.07) is 8.27. The molecule has 1 aliphatic heterocycles. The highest BCUT2D eigenvalue weighted by Crippen LogP contribution is 2.53. The van der Waals surface area contributed by atoms with E-state index in [9.17, 15) is 5.26 Å². The third kappa shape index (κ3) is 3.96. The monoisotopic (exact) mass is 518 g/mol. The van der Waals surface area contributed by atoms with Crippen molar-refractivity contribution < 1.29 is 9.26 Å². The van der Waals surface area contributed by atoms with E-state index >= 15 is 0 Å². The van der Waals surface area contributed by atoms with Gasteiger partial charge in [-0.15, -0.1) is 0 Å². The lowest BCUT2D eigenvalue weighted by atomic mass is 9.61. The third-order valence-electron chi connectivity index (χ3n) is 8.53. The number of nitrogen functional groups attached to an aromatic ring is 1.